The first-order valence-electron chi connectivity index (χ1n) is 10.1. The van der Waals surface area contributed by atoms with E-state index in [2.05, 4.69) is 5.32 Å². The van der Waals surface area contributed by atoms with Gasteiger partial charge in [-0.05, 0) is 61.2 Å². The molecule has 0 heterocycles. The van der Waals surface area contributed by atoms with Crippen LogP contribution in [0.1, 0.15) is 45.6 Å². The van der Waals surface area contributed by atoms with Crippen LogP contribution >= 0.6 is 0 Å². The second-order valence-electron chi connectivity index (χ2n) is 7.86. The number of aryl methyl sites for hydroxylation is 2. The summed E-state index contributed by atoms with van der Waals surface area (Å²) >= 11 is 0. The van der Waals surface area contributed by atoms with Crippen molar-refractivity contribution in [2.24, 2.45) is 0 Å². The molecule has 1 atom stereocenters. The van der Waals surface area contributed by atoms with E-state index in [0.29, 0.717) is 11.3 Å². The standard InChI is InChI=1S/C25H28N2O3S/c1-18-10-11-19(2)24(16-18)27(31(4,29)30)17-21-12-14-23(15-13-21)25(28)26-20(3)22-8-6-5-7-9-22/h5-16,20H,17H2,1-4H3,(H,26,28)/t20-/m0/s1. The molecular formula is C25H28N2O3S. The summed E-state index contributed by atoms with van der Waals surface area (Å²) < 4.78 is 26.4. The molecule has 1 N–H and O–H groups in total. The third-order valence-electron chi connectivity index (χ3n) is 5.22. The molecule has 0 radical (unpaired) electrons. The van der Waals surface area contributed by atoms with E-state index in [9.17, 15) is 13.2 Å². The molecule has 3 aromatic rings. The van der Waals surface area contributed by atoms with E-state index in [0.717, 1.165) is 22.3 Å². The molecule has 0 saturated carbocycles. The summed E-state index contributed by atoms with van der Waals surface area (Å²) in [6.45, 7) is 5.97. The van der Waals surface area contributed by atoms with Crippen LogP contribution in [0.4, 0.5) is 5.69 Å². The molecule has 0 fully saturated rings. The van der Waals surface area contributed by atoms with E-state index < -0.39 is 10.0 Å². The van der Waals surface area contributed by atoms with Gasteiger partial charge in [0, 0.05) is 5.56 Å². The molecule has 3 rings (SSSR count). The van der Waals surface area contributed by atoms with Gasteiger partial charge in [0.25, 0.3) is 5.91 Å². The van der Waals surface area contributed by atoms with Crippen LogP contribution in [-0.4, -0.2) is 20.6 Å². The summed E-state index contributed by atoms with van der Waals surface area (Å²) in [5, 5.41) is 2.99. The number of nitrogens with one attached hydrogen (secondary N) is 1. The topological polar surface area (TPSA) is 66.5 Å². The molecule has 31 heavy (non-hydrogen) atoms. The van der Waals surface area contributed by atoms with Crippen LogP contribution in [0.3, 0.4) is 0 Å². The number of carbonyl (C=O) groups is 1. The number of rotatable bonds is 7. The monoisotopic (exact) mass is 436 g/mol. The molecule has 5 nitrogen and oxygen atoms in total. The van der Waals surface area contributed by atoms with Crippen molar-refractivity contribution in [2.45, 2.75) is 33.4 Å². The predicted molar refractivity (Wildman–Crippen MR) is 126 cm³/mol. The summed E-state index contributed by atoms with van der Waals surface area (Å²) in [7, 11) is -3.47. The minimum atomic E-state index is -3.47. The summed E-state index contributed by atoms with van der Waals surface area (Å²) in [6.07, 6.45) is 1.21. The SMILES string of the molecule is Cc1ccc(C)c(N(Cc2ccc(C(=O)N[C@@H](C)c3ccccc3)cc2)S(C)(=O)=O)c1. The summed E-state index contributed by atoms with van der Waals surface area (Å²) in [5.74, 6) is -0.169. The number of nitrogens with zero attached hydrogens (tertiary/aromatic N) is 1. The van der Waals surface area contributed by atoms with Gasteiger partial charge in [0.2, 0.25) is 10.0 Å². The van der Waals surface area contributed by atoms with E-state index in [4.69, 9.17) is 0 Å². The lowest BCUT2D eigenvalue weighted by Gasteiger charge is -2.25. The van der Waals surface area contributed by atoms with Gasteiger partial charge < -0.3 is 5.32 Å². The second kappa shape index (κ2) is 9.35. The fourth-order valence-corrected chi connectivity index (χ4v) is 4.34. The van der Waals surface area contributed by atoms with Gasteiger partial charge in [0.1, 0.15) is 0 Å². The molecule has 162 valence electrons. The van der Waals surface area contributed by atoms with Crippen molar-refractivity contribution in [1.82, 2.24) is 5.32 Å². The Bertz CT molecular complexity index is 1160. The van der Waals surface area contributed by atoms with Gasteiger partial charge in [0.15, 0.2) is 0 Å². The Morgan fingerprint density at radius 2 is 1.61 bits per heavy atom. The van der Waals surface area contributed by atoms with E-state index >= 15 is 0 Å². The molecule has 0 saturated heterocycles. The lowest BCUT2D eigenvalue weighted by molar-refractivity contribution is 0.0940. The number of sulfonamides is 1. The van der Waals surface area contributed by atoms with Crippen molar-refractivity contribution in [3.8, 4) is 0 Å². The average Bonchev–Trinajstić information content (AvgIpc) is 2.74. The number of hydrogen-bond donors (Lipinski definition) is 1. The normalized spacial score (nSPS) is 12.3. The Labute approximate surface area is 184 Å². The van der Waals surface area contributed by atoms with Crippen molar-refractivity contribution in [3.05, 3.63) is 101 Å². The highest BCUT2D eigenvalue weighted by molar-refractivity contribution is 7.92. The Kier molecular flexibility index (Phi) is 6.81. The summed E-state index contributed by atoms with van der Waals surface area (Å²) in [4.78, 5) is 12.6. The smallest absolute Gasteiger partial charge is 0.251 e. The fourth-order valence-electron chi connectivity index (χ4n) is 3.40. The Balaban J connectivity index is 1.76. The second-order valence-corrected chi connectivity index (χ2v) is 9.77. The highest BCUT2D eigenvalue weighted by Gasteiger charge is 2.20. The maximum absolute atomic E-state index is 12.6. The van der Waals surface area contributed by atoms with Crippen LogP contribution in [0.2, 0.25) is 0 Å². The van der Waals surface area contributed by atoms with E-state index in [1.54, 1.807) is 24.3 Å². The van der Waals surface area contributed by atoms with Crippen LogP contribution < -0.4 is 9.62 Å². The van der Waals surface area contributed by atoms with Crippen LogP contribution in [0.15, 0.2) is 72.8 Å². The molecule has 0 aliphatic heterocycles. The fraction of sp³-hybridized carbons (Fsp3) is 0.240. The van der Waals surface area contributed by atoms with Crippen LogP contribution in [-0.2, 0) is 16.6 Å². The highest BCUT2D eigenvalue weighted by Crippen LogP contribution is 2.26. The average molecular weight is 437 g/mol. The third kappa shape index (κ3) is 5.73. The van der Waals surface area contributed by atoms with Gasteiger partial charge in [-0.3, -0.25) is 9.10 Å². The summed E-state index contributed by atoms with van der Waals surface area (Å²) in [6, 6.07) is 22.5. The number of carbonyl (C=O) groups excluding carboxylic acids is 1. The summed E-state index contributed by atoms with van der Waals surface area (Å²) in [5.41, 5.74) is 4.92. The molecule has 1 amide bonds. The van der Waals surface area contributed by atoms with Crippen molar-refractivity contribution >= 4 is 21.6 Å². The van der Waals surface area contributed by atoms with Crippen LogP contribution in [0.5, 0.6) is 0 Å². The molecule has 0 aromatic heterocycles. The first kappa shape index (κ1) is 22.6. The van der Waals surface area contributed by atoms with Crippen LogP contribution in [0, 0.1) is 13.8 Å². The van der Waals surface area contributed by atoms with Crippen molar-refractivity contribution < 1.29 is 13.2 Å². The number of amides is 1. The van der Waals surface area contributed by atoms with Gasteiger partial charge in [-0.25, -0.2) is 8.42 Å². The lowest BCUT2D eigenvalue weighted by atomic mass is 10.1. The van der Waals surface area contributed by atoms with Gasteiger partial charge in [-0.1, -0.05) is 54.6 Å². The maximum atomic E-state index is 12.6. The predicted octanol–water partition coefficient (Wildman–Crippen LogP) is 4.76. The van der Waals surface area contributed by atoms with E-state index in [1.165, 1.54) is 10.6 Å². The maximum Gasteiger partial charge on any atom is 0.251 e. The number of anilines is 1. The molecule has 0 aliphatic rings. The number of hydrogen-bond acceptors (Lipinski definition) is 3. The van der Waals surface area contributed by atoms with E-state index in [1.807, 2.05) is 69.3 Å². The highest BCUT2D eigenvalue weighted by atomic mass is 32.2. The first-order valence-corrected chi connectivity index (χ1v) is 12.0. The Morgan fingerprint density at radius 1 is 0.968 bits per heavy atom. The molecule has 0 unspecified atom stereocenters. The molecular weight excluding hydrogens is 408 g/mol. The molecule has 0 spiro atoms. The first-order chi connectivity index (χ1) is 14.6. The molecule has 0 aliphatic carbocycles. The van der Waals surface area contributed by atoms with Gasteiger partial charge >= 0.3 is 0 Å². The zero-order valence-electron chi connectivity index (χ0n) is 18.3. The molecule has 3 aromatic carbocycles. The minimum Gasteiger partial charge on any atom is -0.346 e. The van der Waals surface area contributed by atoms with Gasteiger partial charge in [0.05, 0.1) is 24.5 Å². The van der Waals surface area contributed by atoms with Crippen molar-refractivity contribution in [3.63, 3.8) is 0 Å². The zero-order chi connectivity index (χ0) is 22.6. The van der Waals surface area contributed by atoms with Crippen molar-refractivity contribution in [1.29, 1.82) is 0 Å². The largest absolute Gasteiger partial charge is 0.346 e. The van der Waals surface area contributed by atoms with Gasteiger partial charge in [-0.2, -0.15) is 0 Å². The van der Waals surface area contributed by atoms with Crippen LogP contribution in [0.25, 0.3) is 0 Å². The quantitative estimate of drug-likeness (QED) is 0.581. The van der Waals surface area contributed by atoms with Gasteiger partial charge in [-0.15, -0.1) is 0 Å². The Hall–Kier alpha value is -3.12. The third-order valence-corrected chi connectivity index (χ3v) is 6.35. The Morgan fingerprint density at radius 3 is 2.23 bits per heavy atom. The number of benzene rings is 3. The molecule has 6 heteroatoms. The van der Waals surface area contributed by atoms with Crippen molar-refractivity contribution in [2.75, 3.05) is 10.6 Å². The van der Waals surface area contributed by atoms with E-state index in [-0.39, 0.29) is 18.5 Å². The molecule has 0 bridgehead atoms. The lowest BCUT2D eigenvalue weighted by Crippen LogP contribution is -2.30. The zero-order valence-corrected chi connectivity index (χ0v) is 19.1. The minimum absolute atomic E-state index is 0.113.